The number of urea groups is 1. The zero-order chi connectivity index (χ0) is 9.70. The van der Waals surface area contributed by atoms with Gasteiger partial charge in [0.25, 0.3) is 0 Å². The first kappa shape index (κ1) is 17.5. The Balaban J connectivity index is -0.0000000886. The van der Waals surface area contributed by atoms with Crippen LogP contribution >= 0.6 is 19.1 Å². The van der Waals surface area contributed by atoms with Gasteiger partial charge in [-0.15, -0.1) is 0 Å². The predicted octanol–water partition coefficient (Wildman–Crippen LogP) is -0.696. The third kappa shape index (κ3) is 362. The normalized spacial score (nSPS) is 6.91. The van der Waals surface area contributed by atoms with Crippen LogP contribution in [0.4, 0.5) is 4.79 Å². The first-order valence-electron chi connectivity index (χ1n) is 2.34. The Bertz CT molecular complexity index is 70.4. The van der Waals surface area contributed by atoms with Gasteiger partial charge in [-0.3, -0.25) is 0 Å². The maximum atomic E-state index is 9.00. The molecule has 11 heavy (non-hydrogen) atoms. The summed E-state index contributed by atoms with van der Waals surface area (Å²) in [4.78, 5) is 9.00. The van der Waals surface area contributed by atoms with Crippen LogP contribution in [0.1, 0.15) is 0 Å². The fourth-order valence-corrected chi connectivity index (χ4v) is 0. The molecule has 74 valence electrons. The molecule has 8 N–H and O–H groups in total. The van der Waals surface area contributed by atoms with Gasteiger partial charge < -0.3 is 22.9 Å². The van der Waals surface area contributed by atoms with Gasteiger partial charge in [0.2, 0.25) is 0 Å². The van der Waals surface area contributed by atoms with Gasteiger partial charge in [0.05, 0.1) is 0 Å². The van der Waals surface area contributed by atoms with Crippen molar-refractivity contribution in [3.8, 4) is 0 Å². The van der Waals surface area contributed by atoms with Gasteiger partial charge in [0.1, 0.15) is 0 Å². The molecule has 0 aliphatic carbocycles. The molecule has 0 spiro atoms. The second kappa shape index (κ2) is 22.4. The molecule has 0 unspecified atom stereocenters. The zero-order valence-corrected chi connectivity index (χ0v) is 8.77. The Morgan fingerprint density at radius 2 is 1.27 bits per heavy atom. The van der Waals surface area contributed by atoms with Crippen molar-refractivity contribution in [1.82, 2.24) is 0 Å². The zero-order valence-electron chi connectivity index (χ0n) is 5.70. The Hall–Kier alpha value is 0.432. The van der Waals surface area contributed by atoms with E-state index >= 15 is 0 Å². The van der Waals surface area contributed by atoms with Gasteiger partial charge in [-0.1, -0.05) is 0 Å². The second-order valence-corrected chi connectivity index (χ2v) is 3.39. The summed E-state index contributed by atoms with van der Waals surface area (Å²) >= 11 is -0.106. The number of amides is 2. The summed E-state index contributed by atoms with van der Waals surface area (Å²) in [5.74, 6) is 0. The fraction of sp³-hybridized carbons (Fsp3) is 0.667. The number of carbonyl (C=O) groups excluding carboxylic acids is 1. The number of hydrogen-bond donors (Lipinski definition) is 4. The van der Waals surface area contributed by atoms with Crippen LogP contribution < -0.4 is 22.9 Å². The molecule has 5 nitrogen and oxygen atoms in total. The van der Waals surface area contributed by atoms with Gasteiger partial charge in [-0.2, -0.15) is 0 Å². The first-order chi connectivity index (χ1) is 5.06. The number of primary amides is 2. The number of halogens is 2. The van der Waals surface area contributed by atoms with Crippen molar-refractivity contribution in [3.05, 3.63) is 0 Å². The van der Waals surface area contributed by atoms with E-state index in [9.17, 15) is 0 Å². The van der Waals surface area contributed by atoms with E-state index in [1.54, 1.807) is 0 Å². The average molecular weight is 297 g/mol. The number of hydrogen-bond acceptors (Lipinski definition) is 3. The molecule has 0 heterocycles. The predicted molar refractivity (Wildman–Crippen MR) is 43.6 cm³/mol. The fourth-order valence-electron chi connectivity index (χ4n) is 0. The maximum absolute atomic E-state index is 9.00. The molecule has 0 radical (unpaired) electrons. The van der Waals surface area contributed by atoms with Crippen LogP contribution in [0.15, 0.2) is 0 Å². The van der Waals surface area contributed by atoms with Crippen molar-refractivity contribution in [2.24, 2.45) is 22.9 Å². The molecule has 0 aromatic heterocycles. The quantitative estimate of drug-likeness (QED) is 0.479. The Labute approximate surface area is 81.8 Å². The van der Waals surface area contributed by atoms with E-state index in [2.05, 4.69) is 11.5 Å². The topological polar surface area (TPSA) is 121 Å². The van der Waals surface area contributed by atoms with Gasteiger partial charge in [0, 0.05) is 13.1 Å². The molecule has 2 amide bonds. The molecule has 0 aromatic carbocycles. The minimum absolute atomic E-state index is 0.106. The summed E-state index contributed by atoms with van der Waals surface area (Å²) in [6.45, 7) is 1.19. The van der Waals surface area contributed by atoms with Gasteiger partial charge in [-0.25, -0.2) is 4.79 Å². The van der Waals surface area contributed by atoms with Crippen molar-refractivity contribution >= 4 is 25.1 Å². The van der Waals surface area contributed by atoms with E-state index in [0.717, 1.165) is 0 Å². The molecule has 0 saturated carbocycles. The van der Waals surface area contributed by atoms with E-state index in [4.69, 9.17) is 35.3 Å². The summed E-state index contributed by atoms with van der Waals surface area (Å²) in [5, 5.41) is 0. The van der Waals surface area contributed by atoms with Gasteiger partial charge in [0.15, 0.2) is 0 Å². The van der Waals surface area contributed by atoms with E-state index in [0.29, 0.717) is 13.1 Å². The Morgan fingerprint density at radius 3 is 1.27 bits per heavy atom. The number of nitrogens with two attached hydrogens (primary N) is 4. The second-order valence-electron chi connectivity index (χ2n) is 1.02. The summed E-state index contributed by atoms with van der Waals surface area (Å²) in [5.41, 5.74) is 18.3. The molecular weight excluding hydrogens is 285 g/mol. The standard InChI is InChI=1S/C2H8N2.CH4N2O.2ClH.Pd/c3-1-2-4;2-1(3)4;;;/h1-4H2;(H4,2,3,4);2*1H;/q;;;;+2/p-2. The molecule has 0 aromatic rings. The summed E-state index contributed by atoms with van der Waals surface area (Å²) < 4.78 is 0. The monoisotopic (exact) mass is 296 g/mol. The third-order valence-corrected chi connectivity index (χ3v) is 0.167. The first-order valence-corrected chi connectivity index (χ1v) is 6.34. The molecule has 0 rings (SSSR count). The molecular formula is C3H12Cl2N4OPd. The van der Waals surface area contributed by atoms with Gasteiger partial charge in [-0.05, 0) is 0 Å². The molecule has 0 aliphatic rings. The van der Waals surface area contributed by atoms with Crippen LogP contribution in [0.25, 0.3) is 0 Å². The van der Waals surface area contributed by atoms with Gasteiger partial charge >= 0.3 is 41.0 Å². The molecule has 0 atom stereocenters. The molecule has 0 bridgehead atoms. The van der Waals surface area contributed by atoms with Crippen molar-refractivity contribution < 1.29 is 20.7 Å². The summed E-state index contributed by atoms with van der Waals surface area (Å²) in [6.07, 6.45) is 0. The van der Waals surface area contributed by atoms with Crippen LogP contribution in [0.2, 0.25) is 0 Å². The van der Waals surface area contributed by atoms with Crippen molar-refractivity contribution in [2.45, 2.75) is 0 Å². The molecule has 0 fully saturated rings. The number of rotatable bonds is 1. The molecule has 0 saturated heterocycles. The molecule has 0 aliphatic heterocycles. The molecule has 8 heteroatoms. The third-order valence-electron chi connectivity index (χ3n) is 0.167. The Kier molecular flexibility index (Phi) is 35.7. The SMILES string of the molecule is NC(N)=O.NCCN.[Cl][Pd][Cl]. The Morgan fingerprint density at radius 1 is 1.18 bits per heavy atom. The van der Waals surface area contributed by atoms with Crippen molar-refractivity contribution in [2.75, 3.05) is 13.1 Å². The number of carbonyl (C=O) groups is 1. The van der Waals surface area contributed by atoms with Crippen LogP contribution in [0.5, 0.6) is 0 Å². The van der Waals surface area contributed by atoms with E-state index in [-0.39, 0.29) is 15.9 Å². The van der Waals surface area contributed by atoms with Crippen molar-refractivity contribution in [1.29, 1.82) is 0 Å². The minimum atomic E-state index is -0.833. The van der Waals surface area contributed by atoms with Crippen molar-refractivity contribution in [3.63, 3.8) is 0 Å². The summed E-state index contributed by atoms with van der Waals surface area (Å²) in [6, 6.07) is -0.833. The van der Waals surface area contributed by atoms with E-state index < -0.39 is 6.03 Å². The van der Waals surface area contributed by atoms with Crippen LogP contribution in [0.3, 0.4) is 0 Å². The van der Waals surface area contributed by atoms with Crippen LogP contribution in [0, 0.1) is 0 Å². The summed E-state index contributed by atoms with van der Waals surface area (Å²) in [7, 11) is 9.63. The van der Waals surface area contributed by atoms with E-state index in [1.807, 2.05) is 0 Å². The average Bonchev–Trinajstić information content (AvgIpc) is 1.88. The van der Waals surface area contributed by atoms with Crippen LogP contribution in [-0.4, -0.2) is 19.1 Å². The van der Waals surface area contributed by atoms with E-state index in [1.165, 1.54) is 0 Å². The van der Waals surface area contributed by atoms with Crippen LogP contribution in [-0.2, 0) is 15.9 Å².